The lowest BCUT2D eigenvalue weighted by molar-refractivity contribution is -0.143. The second-order valence-corrected chi connectivity index (χ2v) is 5.24. The van der Waals surface area contributed by atoms with Crippen LogP contribution in [0.25, 0.3) is 0 Å². The van der Waals surface area contributed by atoms with Crippen LogP contribution in [0.4, 0.5) is 26.3 Å². The van der Waals surface area contributed by atoms with Gasteiger partial charge in [0.2, 0.25) is 5.91 Å². The molecule has 4 nitrogen and oxygen atoms in total. The molecule has 23 heavy (non-hydrogen) atoms. The lowest BCUT2D eigenvalue weighted by Gasteiger charge is -2.23. The zero-order valence-corrected chi connectivity index (χ0v) is 11.9. The molecule has 3 N–H and O–H groups in total. The average Bonchev–Trinajstić information content (AvgIpc) is 2.35. The summed E-state index contributed by atoms with van der Waals surface area (Å²) in [5, 5.41) is 1.98. The van der Waals surface area contributed by atoms with Crippen LogP contribution >= 0.6 is 0 Å². The van der Waals surface area contributed by atoms with Gasteiger partial charge in [-0.15, -0.1) is 0 Å². The standard InChI is InChI=1S/C13H12F6N2O2/c1-11(2,10(20)23)21-9(22)6-3-7(12(14,15)16)5-8(4-6)13(17,18)19/h3-5H,1-2H3,(H2,20,23)(H,21,22). The number of carbonyl (C=O) groups is 2. The van der Waals surface area contributed by atoms with Crippen molar-refractivity contribution in [3.8, 4) is 0 Å². The molecular weight excluding hydrogens is 330 g/mol. The van der Waals surface area contributed by atoms with E-state index in [2.05, 4.69) is 0 Å². The van der Waals surface area contributed by atoms with E-state index in [0.29, 0.717) is 0 Å². The summed E-state index contributed by atoms with van der Waals surface area (Å²) in [6.07, 6.45) is -10.1. The third kappa shape index (κ3) is 4.60. The molecule has 0 aliphatic heterocycles. The third-order valence-corrected chi connectivity index (χ3v) is 2.89. The van der Waals surface area contributed by atoms with E-state index >= 15 is 0 Å². The lowest BCUT2D eigenvalue weighted by atomic mass is 10.0. The molecule has 0 spiro atoms. The van der Waals surface area contributed by atoms with Crippen molar-refractivity contribution in [3.05, 3.63) is 34.9 Å². The van der Waals surface area contributed by atoms with Gasteiger partial charge in [-0.2, -0.15) is 26.3 Å². The molecule has 128 valence electrons. The minimum Gasteiger partial charge on any atom is -0.368 e. The quantitative estimate of drug-likeness (QED) is 0.829. The predicted octanol–water partition coefficient (Wildman–Crippen LogP) is 2.72. The van der Waals surface area contributed by atoms with E-state index in [4.69, 9.17) is 5.73 Å². The van der Waals surface area contributed by atoms with Crippen LogP contribution in [0, 0.1) is 0 Å². The highest BCUT2D eigenvalue weighted by Crippen LogP contribution is 2.36. The molecule has 0 atom stereocenters. The van der Waals surface area contributed by atoms with Crippen LogP contribution in [-0.4, -0.2) is 17.4 Å². The number of nitrogens with two attached hydrogens (primary N) is 1. The number of amides is 2. The normalized spacial score (nSPS) is 12.9. The average molecular weight is 342 g/mol. The number of benzene rings is 1. The van der Waals surface area contributed by atoms with Gasteiger partial charge in [-0.1, -0.05) is 0 Å². The van der Waals surface area contributed by atoms with E-state index < -0.39 is 46.4 Å². The Kier molecular flexibility index (Phi) is 4.69. The first-order valence-electron chi connectivity index (χ1n) is 6.06. The van der Waals surface area contributed by atoms with E-state index in [1.54, 1.807) is 0 Å². The van der Waals surface area contributed by atoms with Gasteiger partial charge in [0, 0.05) is 5.56 Å². The summed E-state index contributed by atoms with van der Waals surface area (Å²) in [6.45, 7) is 2.32. The Morgan fingerprint density at radius 2 is 1.30 bits per heavy atom. The van der Waals surface area contributed by atoms with Crippen molar-refractivity contribution in [2.45, 2.75) is 31.7 Å². The first-order valence-corrected chi connectivity index (χ1v) is 6.06. The summed E-state index contributed by atoms with van der Waals surface area (Å²) < 4.78 is 76.2. The van der Waals surface area contributed by atoms with Crippen LogP contribution in [-0.2, 0) is 17.1 Å². The molecule has 0 saturated heterocycles. The summed E-state index contributed by atoms with van der Waals surface area (Å²) in [7, 11) is 0. The van der Waals surface area contributed by atoms with Gasteiger partial charge < -0.3 is 11.1 Å². The summed E-state index contributed by atoms with van der Waals surface area (Å²) in [5.74, 6) is -2.29. The maximum Gasteiger partial charge on any atom is 0.416 e. The van der Waals surface area contributed by atoms with Gasteiger partial charge in [0.05, 0.1) is 11.1 Å². The van der Waals surface area contributed by atoms with Crippen LogP contribution in [0.15, 0.2) is 18.2 Å². The SMILES string of the molecule is CC(C)(NC(=O)c1cc(C(F)(F)F)cc(C(F)(F)F)c1)C(N)=O. The van der Waals surface area contributed by atoms with Gasteiger partial charge in [0.25, 0.3) is 5.91 Å². The summed E-state index contributed by atoms with van der Waals surface area (Å²) in [5.41, 5.74) is -0.816. The fourth-order valence-corrected chi connectivity index (χ4v) is 1.50. The number of halogens is 6. The fourth-order valence-electron chi connectivity index (χ4n) is 1.50. The maximum atomic E-state index is 12.7. The Labute approximate surface area is 126 Å². The van der Waals surface area contributed by atoms with Gasteiger partial charge in [0.1, 0.15) is 5.54 Å². The Hall–Kier alpha value is -2.26. The number of rotatable bonds is 3. The molecule has 0 radical (unpaired) electrons. The molecule has 1 aromatic carbocycles. The number of alkyl halides is 6. The molecule has 0 saturated carbocycles. The maximum absolute atomic E-state index is 12.7. The van der Waals surface area contributed by atoms with E-state index in [9.17, 15) is 35.9 Å². The van der Waals surface area contributed by atoms with Crippen molar-refractivity contribution in [2.24, 2.45) is 5.73 Å². The molecule has 0 aliphatic carbocycles. The zero-order valence-electron chi connectivity index (χ0n) is 11.9. The molecule has 1 rings (SSSR count). The van der Waals surface area contributed by atoms with E-state index in [1.807, 2.05) is 5.32 Å². The Bertz CT molecular complexity index is 602. The topological polar surface area (TPSA) is 72.2 Å². The third-order valence-electron chi connectivity index (χ3n) is 2.89. The highest BCUT2D eigenvalue weighted by Gasteiger charge is 2.38. The summed E-state index contributed by atoms with van der Waals surface area (Å²) in [6, 6.07) is 0.430. The van der Waals surface area contributed by atoms with Crippen molar-refractivity contribution in [2.75, 3.05) is 0 Å². The largest absolute Gasteiger partial charge is 0.416 e. The van der Waals surface area contributed by atoms with Gasteiger partial charge in [-0.05, 0) is 32.0 Å². The molecule has 0 bridgehead atoms. The van der Waals surface area contributed by atoms with Crippen LogP contribution in [0.2, 0.25) is 0 Å². The van der Waals surface area contributed by atoms with E-state index in [-0.39, 0.29) is 18.2 Å². The number of hydrogen-bond acceptors (Lipinski definition) is 2. The van der Waals surface area contributed by atoms with Crippen molar-refractivity contribution < 1.29 is 35.9 Å². The number of primary amides is 1. The highest BCUT2D eigenvalue weighted by atomic mass is 19.4. The second kappa shape index (κ2) is 5.74. The second-order valence-electron chi connectivity index (χ2n) is 5.24. The first kappa shape index (κ1) is 18.8. The van der Waals surface area contributed by atoms with Crippen molar-refractivity contribution in [3.63, 3.8) is 0 Å². The number of carbonyl (C=O) groups excluding carboxylic acids is 2. The molecule has 1 aromatic rings. The molecular formula is C13H12F6N2O2. The molecule has 0 aliphatic rings. The Morgan fingerprint density at radius 1 is 0.913 bits per heavy atom. The minimum absolute atomic E-state index is 0.101. The molecule has 0 aromatic heterocycles. The van der Waals surface area contributed by atoms with Crippen molar-refractivity contribution in [1.29, 1.82) is 0 Å². The molecule has 0 heterocycles. The van der Waals surface area contributed by atoms with E-state index in [1.165, 1.54) is 0 Å². The molecule has 10 heteroatoms. The Morgan fingerprint density at radius 3 is 1.61 bits per heavy atom. The van der Waals surface area contributed by atoms with Gasteiger partial charge >= 0.3 is 12.4 Å². The molecule has 0 fully saturated rings. The van der Waals surface area contributed by atoms with Gasteiger partial charge in [-0.3, -0.25) is 9.59 Å². The monoisotopic (exact) mass is 342 g/mol. The summed E-state index contributed by atoms with van der Waals surface area (Å²) >= 11 is 0. The molecule has 0 unspecified atom stereocenters. The smallest absolute Gasteiger partial charge is 0.368 e. The summed E-state index contributed by atoms with van der Waals surface area (Å²) in [4.78, 5) is 23.0. The van der Waals surface area contributed by atoms with Gasteiger partial charge in [0.15, 0.2) is 0 Å². The number of nitrogens with one attached hydrogen (secondary N) is 1. The fraction of sp³-hybridized carbons (Fsp3) is 0.385. The zero-order chi connectivity index (χ0) is 18.2. The van der Waals surface area contributed by atoms with E-state index in [0.717, 1.165) is 13.8 Å². The van der Waals surface area contributed by atoms with Crippen molar-refractivity contribution >= 4 is 11.8 Å². The minimum atomic E-state index is -5.07. The van der Waals surface area contributed by atoms with Crippen molar-refractivity contribution in [1.82, 2.24) is 5.32 Å². The van der Waals surface area contributed by atoms with Gasteiger partial charge in [-0.25, -0.2) is 0 Å². The van der Waals surface area contributed by atoms with Crippen LogP contribution in [0.5, 0.6) is 0 Å². The lowest BCUT2D eigenvalue weighted by Crippen LogP contribution is -2.53. The molecule has 2 amide bonds. The number of hydrogen-bond donors (Lipinski definition) is 2. The van der Waals surface area contributed by atoms with Crippen LogP contribution < -0.4 is 11.1 Å². The van der Waals surface area contributed by atoms with Crippen LogP contribution in [0.3, 0.4) is 0 Å². The Balaban J connectivity index is 3.36. The predicted molar refractivity (Wildman–Crippen MR) is 67.2 cm³/mol. The van der Waals surface area contributed by atoms with Crippen LogP contribution in [0.1, 0.15) is 35.3 Å². The first-order chi connectivity index (χ1) is 10.1. The highest BCUT2D eigenvalue weighted by molar-refractivity contribution is 5.98.